The van der Waals surface area contributed by atoms with Gasteiger partial charge in [-0.2, -0.15) is 11.8 Å². The maximum Gasteiger partial charge on any atom is 0.407 e. The molecule has 0 bridgehead atoms. The van der Waals surface area contributed by atoms with Crippen molar-refractivity contribution in [3.8, 4) is 11.1 Å². The molecule has 9 heteroatoms. The van der Waals surface area contributed by atoms with E-state index in [4.69, 9.17) is 14.6 Å². The Morgan fingerprint density at radius 3 is 2.24 bits per heavy atom. The Kier molecular flexibility index (Phi) is 8.73. The quantitative estimate of drug-likeness (QED) is 0.431. The molecule has 3 N–H and O–H groups in total. The molecule has 33 heavy (non-hydrogen) atoms. The molecular formula is C24H28N2O6S. The monoisotopic (exact) mass is 472 g/mol. The first-order chi connectivity index (χ1) is 15.9. The number of ether oxygens (including phenoxy) is 2. The lowest BCUT2D eigenvalue weighted by atomic mass is 9.98. The fourth-order valence-electron chi connectivity index (χ4n) is 3.77. The molecule has 2 amide bonds. The number of aliphatic carboxylic acids is 1. The van der Waals surface area contributed by atoms with E-state index in [2.05, 4.69) is 34.9 Å². The second kappa shape index (κ2) is 11.7. The van der Waals surface area contributed by atoms with Crippen LogP contribution in [0.25, 0.3) is 11.1 Å². The summed E-state index contributed by atoms with van der Waals surface area (Å²) in [6, 6.07) is 15.2. The minimum Gasteiger partial charge on any atom is -0.480 e. The fourth-order valence-corrected chi connectivity index (χ4v) is 4.43. The van der Waals surface area contributed by atoms with Crippen molar-refractivity contribution < 1.29 is 29.0 Å². The van der Waals surface area contributed by atoms with Gasteiger partial charge in [0.2, 0.25) is 5.91 Å². The van der Waals surface area contributed by atoms with Gasteiger partial charge in [0.1, 0.15) is 6.61 Å². The van der Waals surface area contributed by atoms with Crippen LogP contribution in [0.1, 0.15) is 24.0 Å². The van der Waals surface area contributed by atoms with E-state index in [-0.39, 0.29) is 18.3 Å². The van der Waals surface area contributed by atoms with Gasteiger partial charge in [0.05, 0.1) is 11.9 Å². The second-order valence-electron chi connectivity index (χ2n) is 7.63. The van der Waals surface area contributed by atoms with Gasteiger partial charge in [0.25, 0.3) is 0 Å². The molecule has 1 aliphatic carbocycles. The first-order valence-electron chi connectivity index (χ1n) is 10.6. The number of carbonyl (C=O) groups excluding carboxylic acids is 2. The maximum atomic E-state index is 12.1. The number of fused-ring (bicyclic) bond motifs is 3. The van der Waals surface area contributed by atoms with Crippen LogP contribution in [0.15, 0.2) is 48.5 Å². The van der Waals surface area contributed by atoms with Crippen LogP contribution in [0.2, 0.25) is 0 Å². The van der Waals surface area contributed by atoms with E-state index in [1.807, 2.05) is 24.3 Å². The van der Waals surface area contributed by atoms with Gasteiger partial charge in [0, 0.05) is 25.3 Å². The van der Waals surface area contributed by atoms with Crippen molar-refractivity contribution in [3.63, 3.8) is 0 Å². The SMILES string of the molecule is CO[C@H](C)[C@H](NC(=O)CSCCNC(=O)OCC1c2ccccc2-c2ccccc21)C(=O)O. The van der Waals surface area contributed by atoms with Gasteiger partial charge in [-0.05, 0) is 29.2 Å². The summed E-state index contributed by atoms with van der Waals surface area (Å²) >= 11 is 1.29. The van der Waals surface area contributed by atoms with Crippen LogP contribution in [-0.4, -0.2) is 67.0 Å². The van der Waals surface area contributed by atoms with Gasteiger partial charge < -0.3 is 25.2 Å². The average molecular weight is 473 g/mol. The van der Waals surface area contributed by atoms with Crippen LogP contribution >= 0.6 is 11.8 Å². The third kappa shape index (κ3) is 6.27. The van der Waals surface area contributed by atoms with E-state index in [0.717, 1.165) is 11.1 Å². The van der Waals surface area contributed by atoms with Crippen LogP contribution in [0.3, 0.4) is 0 Å². The molecule has 0 heterocycles. The zero-order valence-electron chi connectivity index (χ0n) is 18.6. The molecule has 0 spiro atoms. The molecule has 0 fully saturated rings. The normalized spacial score (nSPS) is 14.0. The molecule has 0 aromatic heterocycles. The van der Waals surface area contributed by atoms with Crippen molar-refractivity contribution >= 4 is 29.7 Å². The molecule has 176 valence electrons. The molecule has 0 saturated heterocycles. The summed E-state index contributed by atoms with van der Waals surface area (Å²) in [4.78, 5) is 35.3. The Hall–Kier alpha value is -3.04. The Balaban J connectivity index is 1.38. The molecule has 0 aliphatic heterocycles. The number of carboxylic acids is 1. The molecule has 2 atom stereocenters. The van der Waals surface area contributed by atoms with Crippen LogP contribution in [0.4, 0.5) is 4.79 Å². The molecule has 0 saturated carbocycles. The summed E-state index contributed by atoms with van der Waals surface area (Å²) in [6.45, 7) is 2.14. The van der Waals surface area contributed by atoms with Crippen molar-refractivity contribution in [1.82, 2.24) is 10.6 Å². The smallest absolute Gasteiger partial charge is 0.407 e. The highest BCUT2D eigenvalue weighted by Crippen LogP contribution is 2.44. The van der Waals surface area contributed by atoms with Gasteiger partial charge in [-0.15, -0.1) is 0 Å². The highest BCUT2D eigenvalue weighted by molar-refractivity contribution is 7.99. The number of methoxy groups -OCH3 is 1. The number of thioether (sulfide) groups is 1. The number of alkyl carbamates (subject to hydrolysis) is 1. The minimum absolute atomic E-state index is 0.00195. The summed E-state index contributed by atoms with van der Waals surface area (Å²) in [5.41, 5.74) is 4.63. The molecule has 8 nitrogen and oxygen atoms in total. The first-order valence-corrected chi connectivity index (χ1v) is 11.8. The summed E-state index contributed by atoms with van der Waals surface area (Å²) < 4.78 is 10.4. The van der Waals surface area contributed by atoms with Gasteiger partial charge in [0.15, 0.2) is 6.04 Å². The van der Waals surface area contributed by atoms with Crippen molar-refractivity contribution in [1.29, 1.82) is 0 Å². The second-order valence-corrected chi connectivity index (χ2v) is 8.73. The van der Waals surface area contributed by atoms with Crippen molar-refractivity contribution in [2.75, 3.05) is 31.8 Å². The largest absolute Gasteiger partial charge is 0.480 e. The number of carbonyl (C=O) groups is 3. The highest BCUT2D eigenvalue weighted by Gasteiger charge is 2.29. The standard InChI is InChI=1S/C24H28N2O6S/c1-15(31-2)22(23(28)29)26-21(27)14-33-12-11-25-24(30)32-13-20-18-9-5-3-7-16(18)17-8-4-6-10-19(17)20/h3-10,15,20,22H,11-14H2,1-2H3,(H,25,30)(H,26,27)(H,28,29)/t15-,22+/m1/s1. The minimum atomic E-state index is -1.15. The molecule has 1 aliphatic rings. The zero-order valence-corrected chi connectivity index (χ0v) is 19.4. The summed E-state index contributed by atoms with van der Waals surface area (Å²) in [7, 11) is 1.39. The number of hydrogen-bond donors (Lipinski definition) is 3. The Morgan fingerprint density at radius 2 is 1.67 bits per heavy atom. The Labute approximate surface area is 197 Å². The third-order valence-corrected chi connectivity index (χ3v) is 6.48. The highest BCUT2D eigenvalue weighted by atomic mass is 32.2. The van der Waals surface area contributed by atoms with E-state index in [9.17, 15) is 14.4 Å². The Morgan fingerprint density at radius 1 is 1.06 bits per heavy atom. The van der Waals surface area contributed by atoms with Crippen LogP contribution < -0.4 is 10.6 Å². The third-order valence-electron chi connectivity index (χ3n) is 5.52. The summed E-state index contributed by atoms with van der Waals surface area (Å²) in [5.74, 6) is -1.00. The van der Waals surface area contributed by atoms with E-state index < -0.39 is 30.1 Å². The Bertz CT molecular complexity index is 953. The lowest BCUT2D eigenvalue weighted by Crippen LogP contribution is -2.49. The number of hydrogen-bond acceptors (Lipinski definition) is 6. The van der Waals surface area contributed by atoms with Gasteiger partial charge in [-0.1, -0.05) is 48.5 Å². The van der Waals surface area contributed by atoms with Gasteiger partial charge in [-0.25, -0.2) is 9.59 Å². The van der Waals surface area contributed by atoms with Gasteiger partial charge in [-0.3, -0.25) is 4.79 Å². The summed E-state index contributed by atoms with van der Waals surface area (Å²) in [5, 5.41) is 14.3. The van der Waals surface area contributed by atoms with E-state index in [1.165, 1.54) is 30.0 Å². The number of rotatable bonds is 11. The van der Waals surface area contributed by atoms with Gasteiger partial charge >= 0.3 is 12.1 Å². The van der Waals surface area contributed by atoms with E-state index in [0.29, 0.717) is 12.3 Å². The predicted octanol–water partition coefficient (Wildman–Crippen LogP) is 2.86. The number of amides is 2. The molecule has 0 unspecified atom stereocenters. The van der Waals surface area contributed by atoms with Crippen LogP contribution in [0, 0.1) is 0 Å². The molecular weight excluding hydrogens is 444 g/mol. The fraction of sp³-hybridized carbons (Fsp3) is 0.375. The van der Waals surface area contributed by atoms with E-state index >= 15 is 0 Å². The molecule has 2 aromatic carbocycles. The van der Waals surface area contributed by atoms with Crippen molar-refractivity contribution in [2.24, 2.45) is 0 Å². The zero-order chi connectivity index (χ0) is 23.8. The predicted molar refractivity (Wildman–Crippen MR) is 126 cm³/mol. The van der Waals surface area contributed by atoms with Crippen molar-refractivity contribution in [3.05, 3.63) is 59.7 Å². The number of carboxylic acid groups (broad SMARTS) is 1. The summed E-state index contributed by atoms with van der Waals surface area (Å²) in [6.07, 6.45) is -1.16. The lowest BCUT2D eigenvalue weighted by molar-refractivity contribution is -0.145. The maximum absolute atomic E-state index is 12.1. The molecule has 0 radical (unpaired) electrons. The first kappa shape index (κ1) is 24.6. The average Bonchev–Trinajstić information content (AvgIpc) is 3.14. The molecule has 3 rings (SSSR count). The van der Waals surface area contributed by atoms with E-state index in [1.54, 1.807) is 6.92 Å². The topological polar surface area (TPSA) is 114 Å². The molecule has 2 aromatic rings. The number of nitrogens with one attached hydrogen (secondary N) is 2. The number of benzene rings is 2. The lowest BCUT2D eigenvalue weighted by Gasteiger charge is -2.19. The van der Waals surface area contributed by atoms with Crippen LogP contribution in [0.5, 0.6) is 0 Å². The van der Waals surface area contributed by atoms with Crippen molar-refractivity contribution in [2.45, 2.75) is 25.0 Å². The van der Waals surface area contributed by atoms with Crippen LogP contribution in [-0.2, 0) is 19.1 Å².